The molecule has 0 aromatic heterocycles. The van der Waals surface area contributed by atoms with Crippen LogP contribution in [0.4, 0.5) is 4.39 Å². The van der Waals surface area contributed by atoms with Crippen LogP contribution in [0.25, 0.3) is 0 Å². The maximum atomic E-state index is 12.9. The maximum absolute atomic E-state index is 12.9. The second kappa shape index (κ2) is 5.63. The topological polar surface area (TPSA) is 29.1 Å². The summed E-state index contributed by atoms with van der Waals surface area (Å²) in [6.07, 6.45) is 0.824. The number of hydrogen-bond acceptors (Lipinski definition) is 1. The van der Waals surface area contributed by atoms with Crippen molar-refractivity contribution in [1.29, 1.82) is 0 Å². The summed E-state index contributed by atoms with van der Waals surface area (Å²) >= 11 is 3.39. The van der Waals surface area contributed by atoms with Crippen LogP contribution in [0.1, 0.15) is 36.2 Å². The second-order valence-corrected chi connectivity index (χ2v) is 5.02. The molecule has 17 heavy (non-hydrogen) atoms. The smallest absolute Gasteiger partial charge is 0.251 e. The fraction of sp³-hybridized carbons (Fsp3) is 0.462. The zero-order chi connectivity index (χ0) is 13.1. The summed E-state index contributed by atoms with van der Waals surface area (Å²) in [6.45, 7) is 5.72. The van der Waals surface area contributed by atoms with E-state index in [9.17, 15) is 9.18 Å². The number of alkyl halides is 1. The highest BCUT2D eigenvalue weighted by molar-refractivity contribution is 9.09. The lowest BCUT2D eigenvalue weighted by atomic mass is 10.00. The molecule has 4 heteroatoms. The first-order chi connectivity index (χ1) is 7.91. The highest BCUT2D eigenvalue weighted by atomic mass is 79.9. The van der Waals surface area contributed by atoms with Crippen LogP contribution >= 0.6 is 15.9 Å². The molecule has 1 aromatic carbocycles. The van der Waals surface area contributed by atoms with Gasteiger partial charge in [-0.15, -0.1) is 0 Å². The van der Waals surface area contributed by atoms with Gasteiger partial charge in [-0.2, -0.15) is 0 Å². The minimum atomic E-state index is -0.321. The molecule has 0 aliphatic rings. The predicted molar refractivity (Wildman–Crippen MR) is 71.1 cm³/mol. The molecule has 1 unspecified atom stereocenters. The van der Waals surface area contributed by atoms with Crippen molar-refractivity contribution < 1.29 is 9.18 Å². The van der Waals surface area contributed by atoms with E-state index >= 15 is 0 Å². The van der Waals surface area contributed by atoms with Crippen LogP contribution < -0.4 is 5.32 Å². The van der Waals surface area contributed by atoms with Gasteiger partial charge in [-0.3, -0.25) is 4.79 Å². The van der Waals surface area contributed by atoms with E-state index in [1.54, 1.807) is 6.92 Å². The van der Waals surface area contributed by atoms with Crippen LogP contribution in [0.5, 0.6) is 0 Å². The van der Waals surface area contributed by atoms with Gasteiger partial charge in [0.2, 0.25) is 0 Å². The molecule has 1 atom stereocenters. The standard InChI is InChI=1S/C13H17BrFNO/c1-4-13(3,8-14)16-12(17)11-6-5-10(15)7-9(11)2/h5-7H,4,8H2,1-3H3,(H,16,17). The molecule has 0 spiro atoms. The summed E-state index contributed by atoms with van der Waals surface area (Å²) < 4.78 is 12.9. The minimum absolute atomic E-state index is 0.161. The van der Waals surface area contributed by atoms with Crippen LogP contribution in [0.15, 0.2) is 18.2 Å². The Labute approximate surface area is 110 Å². The van der Waals surface area contributed by atoms with Gasteiger partial charge in [-0.05, 0) is 44.0 Å². The predicted octanol–water partition coefficient (Wildman–Crippen LogP) is 3.43. The average Bonchev–Trinajstić information content (AvgIpc) is 2.28. The Morgan fingerprint density at radius 1 is 1.53 bits per heavy atom. The van der Waals surface area contributed by atoms with Crippen molar-refractivity contribution in [3.8, 4) is 0 Å². The van der Waals surface area contributed by atoms with Gasteiger partial charge in [0.25, 0.3) is 5.91 Å². The summed E-state index contributed by atoms with van der Waals surface area (Å²) in [5, 5.41) is 3.64. The third-order valence-corrected chi connectivity index (χ3v) is 4.16. The van der Waals surface area contributed by atoms with Crippen molar-refractivity contribution in [2.45, 2.75) is 32.7 Å². The lowest BCUT2D eigenvalue weighted by Gasteiger charge is -2.27. The van der Waals surface area contributed by atoms with Crippen molar-refractivity contribution in [3.05, 3.63) is 35.1 Å². The van der Waals surface area contributed by atoms with Crippen LogP contribution in [-0.2, 0) is 0 Å². The van der Waals surface area contributed by atoms with Crippen LogP contribution in [0, 0.1) is 12.7 Å². The van der Waals surface area contributed by atoms with Crippen molar-refractivity contribution >= 4 is 21.8 Å². The zero-order valence-corrected chi connectivity index (χ0v) is 11.9. The van der Waals surface area contributed by atoms with Crippen molar-refractivity contribution in [2.24, 2.45) is 0 Å². The molecule has 0 saturated carbocycles. The summed E-state index contributed by atoms with van der Waals surface area (Å²) in [6, 6.07) is 4.19. The first kappa shape index (κ1) is 14.2. The van der Waals surface area contributed by atoms with E-state index in [4.69, 9.17) is 0 Å². The summed E-state index contributed by atoms with van der Waals surface area (Å²) in [5.41, 5.74) is 0.889. The Kier molecular flexibility index (Phi) is 4.69. The molecule has 0 bridgehead atoms. The largest absolute Gasteiger partial charge is 0.346 e. The Morgan fingerprint density at radius 3 is 2.65 bits per heavy atom. The molecule has 0 aliphatic heterocycles. The number of carbonyl (C=O) groups excluding carboxylic acids is 1. The number of benzene rings is 1. The SMILES string of the molecule is CCC(C)(CBr)NC(=O)c1ccc(F)cc1C. The van der Waals surface area contributed by atoms with E-state index in [0.29, 0.717) is 16.5 Å². The normalized spacial score (nSPS) is 14.2. The number of carbonyl (C=O) groups is 1. The molecular formula is C13H17BrFNO. The van der Waals surface area contributed by atoms with Gasteiger partial charge in [0.05, 0.1) is 0 Å². The molecule has 1 N–H and O–H groups in total. The van der Waals surface area contributed by atoms with Crippen molar-refractivity contribution in [2.75, 3.05) is 5.33 Å². The third kappa shape index (κ3) is 3.53. The fourth-order valence-electron chi connectivity index (χ4n) is 1.44. The number of nitrogens with one attached hydrogen (secondary N) is 1. The van der Waals surface area contributed by atoms with E-state index in [1.165, 1.54) is 18.2 Å². The van der Waals surface area contributed by atoms with Gasteiger partial charge < -0.3 is 5.32 Å². The number of hydrogen-bond donors (Lipinski definition) is 1. The summed E-state index contributed by atoms with van der Waals surface area (Å²) in [5.74, 6) is -0.482. The number of halogens is 2. The van der Waals surface area contributed by atoms with E-state index in [0.717, 1.165) is 6.42 Å². The monoisotopic (exact) mass is 301 g/mol. The molecule has 0 aliphatic carbocycles. The fourth-order valence-corrected chi connectivity index (χ4v) is 1.98. The van der Waals surface area contributed by atoms with Gasteiger partial charge in [-0.25, -0.2) is 4.39 Å². The highest BCUT2D eigenvalue weighted by Crippen LogP contribution is 2.16. The molecule has 1 amide bonds. The zero-order valence-electron chi connectivity index (χ0n) is 10.3. The maximum Gasteiger partial charge on any atom is 0.251 e. The molecule has 0 heterocycles. The van der Waals surface area contributed by atoms with Crippen LogP contribution in [0.2, 0.25) is 0 Å². The lowest BCUT2D eigenvalue weighted by molar-refractivity contribution is 0.0912. The Hall–Kier alpha value is -0.900. The van der Waals surface area contributed by atoms with Crippen LogP contribution in [0.3, 0.4) is 0 Å². The Balaban J connectivity index is 2.90. The van der Waals surface area contributed by atoms with E-state index in [-0.39, 0.29) is 17.3 Å². The molecule has 94 valence electrons. The molecule has 2 nitrogen and oxygen atoms in total. The van der Waals surface area contributed by atoms with Gasteiger partial charge in [0.15, 0.2) is 0 Å². The Bertz CT molecular complexity index is 416. The summed E-state index contributed by atoms with van der Waals surface area (Å²) in [4.78, 5) is 12.1. The van der Waals surface area contributed by atoms with Gasteiger partial charge in [-0.1, -0.05) is 22.9 Å². The number of amides is 1. The van der Waals surface area contributed by atoms with Crippen molar-refractivity contribution in [3.63, 3.8) is 0 Å². The van der Waals surface area contributed by atoms with Gasteiger partial charge >= 0.3 is 0 Å². The van der Waals surface area contributed by atoms with Gasteiger partial charge in [0, 0.05) is 16.4 Å². The number of rotatable bonds is 4. The van der Waals surface area contributed by atoms with E-state index < -0.39 is 0 Å². The molecule has 1 rings (SSSR count). The first-order valence-corrected chi connectivity index (χ1v) is 6.68. The molecule has 0 saturated heterocycles. The molecule has 0 fully saturated rings. The number of aryl methyl sites for hydroxylation is 1. The second-order valence-electron chi connectivity index (χ2n) is 4.46. The summed E-state index contributed by atoms with van der Waals surface area (Å²) in [7, 11) is 0. The molecular weight excluding hydrogens is 285 g/mol. The average molecular weight is 302 g/mol. The van der Waals surface area contributed by atoms with E-state index in [2.05, 4.69) is 21.2 Å². The van der Waals surface area contributed by atoms with Crippen molar-refractivity contribution in [1.82, 2.24) is 5.32 Å². The van der Waals surface area contributed by atoms with Crippen LogP contribution in [-0.4, -0.2) is 16.8 Å². The lowest BCUT2D eigenvalue weighted by Crippen LogP contribution is -2.47. The van der Waals surface area contributed by atoms with E-state index in [1.807, 2.05) is 13.8 Å². The van der Waals surface area contributed by atoms with Gasteiger partial charge in [0.1, 0.15) is 5.82 Å². The molecule has 0 radical (unpaired) electrons. The first-order valence-electron chi connectivity index (χ1n) is 5.56. The quantitative estimate of drug-likeness (QED) is 0.848. The minimum Gasteiger partial charge on any atom is -0.346 e. The highest BCUT2D eigenvalue weighted by Gasteiger charge is 2.24. The third-order valence-electron chi connectivity index (χ3n) is 2.92. The molecule has 1 aromatic rings. The Morgan fingerprint density at radius 2 is 2.18 bits per heavy atom.